The second-order valence-corrected chi connectivity index (χ2v) is 6.38. The first kappa shape index (κ1) is 16.9. The predicted molar refractivity (Wildman–Crippen MR) is 90.2 cm³/mol. The van der Waals surface area contributed by atoms with Crippen molar-refractivity contribution in [2.45, 2.75) is 31.1 Å². The SMILES string of the molecule is CCCC(=O)N1CCCN(C(=O)c2ccc(SC)cc2)CC1. The van der Waals surface area contributed by atoms with Crippen molar-refractivity contribution in [1.29, 1.82) is 0 Å². The molecule has 0 saturated carbocycles. The minimum Gasteiger partial charge on any atom is -0.341 e. The van der Waals surface area contributed by atoms with Gasteiger partial charge in [0.25, 0.3) is 5.91 Å². The Morgan fingerprint density at radius 3 is 2.32 bits per heavy atom. The summed E-state index contributed by atoms with van der Waals surface area (Å²) >= 11 is 1.67. The lowest BCUT2D eigenvalue weighted by molar-refractivity contribution is -0.131. The number of carbonyl (C=O) groups excluding carboxylic acids is 2. The van der Waals surface area contributed by atoms with Crippen LogP contribution in [0.1, 0.15) is 36.5 Å². The van der Waals surface area contributed by atoms with Crippen LogP contribution in [0.15, 0.2) is 29.2 Å². The highest BCUT2D eigenvalue weighted by Gasteiger charge is 2.22. The summed E-state index contributed by atoms with van der Waals surface area (Å²) in [6, 6.07) is 7.73. The van der Waals surface area contributed by atoms with E-state index >= 15 is 0 Å². The van der Waals surface area contributed by atoms with E-state index in [1.54, 1.807) is 11.8 Å². The van der Waals surface area contributed by atoms with Gasteiger partial charge in [-0.3, -0.25) is 9.59 Å². The first-order valence-electron chi connectivity index (χ1n) is 7.86. The van der Waals surface area contributed by atoms with Crippen molar-refractivity contribution in [2.75, 3.05) is 32.4 Å². The van der Waals surface area contributed by atoms with Crippen LogP contribution in [0.3, 0.4) is 0 Å². The van der Waals surface area contributed by atoms with Gasteiger partial charge in [0.05, 0.1) is 0 Å². The molecule has 0 bridgehead atoms. The summed E-state index contributed by atoms with van der Waals surface area (Å²) in [5, 5.41) is 0. The zero-order chi connectivity index (χ0) is 15.9. The molecule has 1 saturated heterocycles. The Morgan fingerprint density at radius 1 is 1.05 bits per heavy atom. The fraction of sp³-hybridized carbons (Fsp3) is 0.529. The molecule has 1 aromatic rings. The highest BCUT2D eigenvalue weighted by molar-refractivity contribution is 7.98. The Labute approximate surface area is 136 Å². The summed E-state index contributed by atoms with van der Waals surface area (Å²) in [6.07, 6.45) is 4.35. The minimum atomic E-state index is 0.0671. The topological polar surface area (TPSA) is 40.6 Å². The van der Waals surface area contributed by atoms with Gasteiger partial charge >= 0.3 is 0 Å². The van der Waals surface area contributed by atoms with Crippen LogP contribution in [0.5, 0.6) is 0 Å². The van der Waals surface area contributed by atoms with Crippen LogP contribution in [-0.2, 0) is 4.79 Å². The van der Waals surface area contributed by atoms with Gasteiger partial charge in [0, 0.05) is 43.1 Å². The molecule has 0 atom stereocenters. The molecule has 2 amide bonds. The number of amides is 2. The molecule has 0 spiro atoms. The summed E-state index contributed by atoms with van der Waals surface area (Å²) < 4.78 is 0. The first-order chi connectivity index (χ1) is 10.7. The molecule has 5 heteroatoms. The largest absolute Gasteiger partial charge is 0.341 e. The van der Waals surface area contributed by atoms with Crippen LogP contribution >= 0.6 is 11.8 Å². The molecule has 0 unspecified atom stereocenters. The molecule has 1 aliphatic rings. The molecule has 0 aliphatic carbocycles. The van der Waals surface area contributed by atoms with E-state index in [1.807, 2.05) is 47.2 Å². The molecule has 0 radical (unpaired) electrons. The highest BCUT2D eigenvalue weighted by Crippen LogP contribution is 2.16. The van der Waals surface area contributed by atoms with E-state index in [4.69, 9.17) is 0 Å². The molecule has 0 N–H and O–H groups in total. The summed E-state index contributed by atoms with van der Waals surface area (Å²) in [4.78, 5) is 29.5. The van der Waals surface area contributed by atoms with E-state index in [1.165, 1.54) is 0 Å². The van der Waals surface area contributed by atoms with Gasteiger partial charge in [-0.2, -0.15) is 0 Å². The molecular formula is C17H24N2O2S. The number of rotatable bonds is 4. The molecule has 1 aliphatic heterocycles. The Morgan fingerprint density at radius 2 is 1.68 bits per heavy atom. The van der Waals surface area contributed by atoms with Crippen LogP contribution in [0.2, 0.25) is 0 Å². The average molecular weight is 320 g/mol. The first-order valence-corrected chi connectivity index (χ1v) is 9.09. The molecule has 1 heterocycles. The van der Waals surface area contributed by atoms with Crippen molar-refractivity contribution in [3.05, 3.63) is 29.8 Å². The third-order valence-corrected chi connectivity index (χ3v) is 4.68. The van der Waals surface area contributed by atoms with E-state index in [0.717, 1.165) is 36.4 Å². The molecule has 120 valence electrons. The van der Waals surface area contributed by atoms with Crippen LogP contribution in [-0.4, -0.2) is 54.0 Å². The third-order valence-electron chi connectivity index (χ3n) is 3.94. The van der Waals surface area contributed by atoms with Gasteiger partial charge in [-0.05, 0) is 43.4 Å². The second kappa shape index (κ2) is 8.22. The van der Waals surface area contributed by atoms with Gasteiger partial charge in [0.15, 0.2) is 0 Å². The van der Waals surface area contributed by atoms with Gasteiger partial charge in [-0.15, -0.1) is 11.8 Å². The molecule has 22 heavy (non-hydrogen) atoms. The van der Waals surface area contributed by atoms with Gasteiger partial charge in [0.2, 0.25) is 5.91 Å². The summed E-state index contributed by atoms with van der Waals surface area (Å²) in [5.74, 6) is 0.276. The highest BCUT2D eigenvalue weighted by atomic mass is 32.2. The van der Waals surface area contributed by atoms with Crippen LogP contribution in [0.4, 0.5) is 0 Å². The van der Waals surface area contributed by atoms with Crippen molar-refractivity contribution in [1.82, 2.24) is 9.80 Å². The molecule has 1 aromatic carbocycles. The fourth-order valence-corrected chi connectivity index (χ4v) is 3.07. The number of hydrogen-bond acceptors (Lipinski definition) is 3. The summed E-state index contributed by atoms with van der Waals surface area (Å²) in [6.45, 7) is 4.77. The molecule has 2 rings (SSSR count). The van der Waals surface area contributed by atoms with Crippen molar-refractivity contribution in [3.63, 3.8) is 0 Å². The van der Waals surface area contributed by atoms with Crippen molar-refractivity contribution in [2.24, 2.45) is 0 Å². The number of carbonyl (C=O) groups is 2. The Kier molecular flexibility index (Phi) is 6.31. The lowest BCUT2D eigenvalue weighted by atomic mass is 10.2. The maximum absolute atomic E-state index is 12.6. The van der Waals surface area contributed by atoms with Crippen molar-refractivity contribution < 1.29 is 9.59 Å². The van der Waals surface area contributed by atoms with E-state index < -0.39 is 0 Å². The van der Waals surface area contributed by atoms with Crippen molar-refractivity contribution >= 4 is 23.6 Å². The molecule has 4 nitrogen and oxygen atoms in total. The number of nitrogens with zero attached hydrogens (tertiary/aromatic N) is 2. The quantitative estimate of drug-likeness (QED) is 0.801. The monoisotopic (exact) mass is 320 g/mol. The van der Waals surface area contributed by atoms with Crippen molar-refractivity contribution in [3.8, 4) is 0 Å². The molecular weight excluding hydrogens is 296 g/mol. The summed E-state index contributed by atoms with van der Waals surface area (Å²) in [7, 11) is 0. The minimum absolute atomic E-state index is 0.0671. The standard InChI is InChI=1S/C17H24N2O2S/c1-3-5-16(20)18-10-4-11-19(13-12-18)17(21)14-6-8-15(22-2)9-7-14/h6-9H,3-5,10-13H2,1-2H3. The van der Waals surface area contributed by atoms with E-state index in [2.05, 4.69) is 0 Å². The lowest BCUT2D eigenvalue weighted by Crippen LogP contribution is -2.37. The number of thioether (sulfide) groups is 1. The lowest BCUT2D eigenvalue weighted by Gasteiger charge is -2.22. The molecule has 0 aromatic heterocycles. The van der Waals surface area contributed by atoms with Crippen LogP contribution < -0.4 is 0 Å². The normalized spacial score (nSPS) is 15.5. The van der Waals surface area contributed by atoms with E-state index in [0.29, 0.717) is 19.5 Å². The Balaban J connectivity index is 1.97. The van der Waals surface area contributed by atoms with Crippen LogP contribution in [0, 0.1) is 0 Å². The van der Waals surface area contributed by atoms with Gasteiger partial charge < -0.3 is 9.80 Å². The average Bonchev–Trinajstić information content (AvgIpc) is 2.80. The Bertz CT molecular complexity index is 516. The maximum Gasteiger partial charge on any atom is 0.253 e. The van der Waals surface area contributed by atoms with Gasteiger partial charge in [-0.1, -0.05) is 6.92 Å². The zero-order valence-corrected chi connectivity index (χ0v) is 14.2. The second-order valence-electron chi connectivity index (χ2n) is 5.51. The third kappa shape index (κ3) is 4.26. The summed E-state index contributed by atoms with van der Waals surface area (Å²) in [5.41, 5.74) is 0.728. The predicted octanol–water partition coefficient (Wildman–Crippen LogP) is 2.88. The smallest absolute Gasteiger partial charge is 0.253 e. The number of hydrogen-bond donors (Lipinski definition) is 0. The Hall–Kier alpha value is -1.49. The fourth-order valence-electron chi connectivity index (χ4n) is 2.66. The maximum atomic E-state index is 12.6. The van der Waals surface area contributed by atoms with E-state index in [-0.39, 0.29) is 11.8 Å². The number of benzene rings is 1. The zero-order valence-electron chi connectivity index (χ0n) is 13.4. The van der Waals surface area contributed by atoms with Gasteiger partial charge in [0.1, 0.15) is 0 Å². The van der Waals surface area contributed by atoms with Crippen LogP contribution in [0.25, 0.3) is 0 Å². The van der Waals surface area contributed by atoms with Gasteiger partial charge in [-0.25, -0.2) is 0 Å². The van der Waals surface area contributed by atoms with E-state index in [9.17, 15) is 9.59 Å². The molecule has 1 fully saturated rings.